The Morgan fingerprint density at radius 2 is 1.85 bits per heavy atom. The van der Waals surface area contributed by atoms with Crippen molar-refractivity contribution in [1.82, 2.24) is 9.99 Å². The molecule has 3 aromatic rings. The van der Waals surface area contributed by atoms with Crippen molar-refractivity contribution < 1.29 is 9.53 Å². The molecule has 1 aromatic heterocycles. The van der Waals surface area contributed by atoms with E-state index >= 15 is 0 Å². The van der Waals surface area contributed by atoms with Crippen LogP contribution in [0.15, 0.2) is 64.2 Å². The van der Waals surface area contributed by atoms with E-state index in [1.165, 1.54) is 0 Å². The van der Waals surface area contributed by atoms with E-state index in [1.54, 1.807) is 19.4 Å². The van der Waals surface area contributed by atoms with Crippen LogP contribution in [0.3, 0.4) is 0 Å². The number of halogens is 1. The summed E-state index contributed by atoms with van der Waals surface area (Å²) in [7, 11) is 1.65. The normalized spacial score (nSPS) is 11.0. The van der Waals surface area contributed by atoms with Crippen LogP contribution in [0.2, 0.25) is 0 Å². The number of carbonyl (C=O) groups excluding carboxylic acids is 1. The zero-order chi connectivity index (χ0) is 19.4. The molecule has 0 saturated carbocycles. The van der Waals surface area contributed by atoms with Gasteiger partial charge >= 0.3 is 0 Å². The summed E-state index contributed by atoms with van der Waals surface area (Å²) in [6, 6.07) is 17.1. The van der Waals surface area contributed by atoms with Crippen LogP contribution in [-0.4, -0.2) is 23.8 Å². The van der Waals surface area contributed by atoms with Gasteiger partial charge in [-0.15, -0.1) is 0 Å². The molecule has 0 radical (unpaired) electrons. The molecular weight excluding hydrogens is 406 g/mol. The van der Waals surface area contributed by atoms with E-state index in [0.29, 0.717) is 5.56 Å². The number of amides is 1. The Morgan fingerprint density at radius 1 is 1.15 bits per heavy atom. The van der Waals surface area contributed by atoms with Crippen molar-refractivity contribution in [3.63, 3.8) is 0 Å². The zero-order valence-electron chi connectivity index (χ0n) is 15.4. The largest absolute Gasteiger partial charge is 0.497 e. The number of hydrogen-bond acceptors (Lipinski definition) is 3. The first-order chi connectivity index (χ1) is 13.0. The van der Waals surface area contributed by atoms with Gasteiger partial charge in [-0.25, -0.2) is 5.43 Å². The lowest BCUT2D eigenvalue weighted by molar-refractivity contribution is 0.0954. The van der Waals surface area contributed by atoms with E-state index < -0.39 is 0 Å². The minimum atomic E-state index is -0.261. The first kappa shape index (κ1) is 18.9. The first-order valence-electron chi connectivity index (χ1n) is 8.42. The topological polar surface area (TPSA) is 55.6 Å². The summed E-state index contributed by atoms with van der Waals surface area (Å²) < 4.78 is 8.08. The van der Waals surface area contributed by atoms with Crippen molar-refractivity contribution in [2.24, 2.45) is 5.10 Å². The van der Waals surface area contributed by atoms with Crippen LogP contribution in [0.1, 0.15) is 27.3 Å². The maximum Gasteiger partial charge on any atom is 0.272 e. The van der Waals surface area contributed by atoms with E-state index in [1.807, 2.05) is 62.4 Å². The van der Waals surface area contributed by atoms with E-state index in [9.17, 15) is 4.79 Å². The van der Waals surface area contributed by atoms with Gasteiger partial charge in [0.2, 0.25) is 0 Å². The van der Waals surface area contributed by atoms with Crippen molar-refractivity contribution in [2.45, 2.75) is 13.8 Å². The second-order valence-electron chi connectivity index (χ2n) is 6.04. The maximum atomic E-state index is 12.2. The predicted octanol–water partition coefficient (Wildman–Crippen LogP) is 4.63. The molecule has 1 heterocycles. The van der Waals surface area contributed by atoms with Crippen LogP contribution < -0.4 is 10.2 Å². The van der Waals surface area contributed by atoms with E-state index in [-0.39, 0.29) is 5.91 Å². The summed E-state index contributed by atoms with van der Waals surface area (Å²) in [5.74, 6) is 0.556. The molecule has 6 heteroatoms. The van der Waals surface area contributed by atoms with Gasteiger partial charge in [-0.3, -0.25) is 4.79 Å². The maximum absolute atomic E-state index is 12.2. The third-order valence-corrected chi connectivity index (χ3v) is 4.98. The van der Waals surface area contributed by atoms with Gasteiger partial charge < -0.3 is 9.30 Å². The molecule has 5 nitrogen and oxygen atoms in total. The Morgan fingerprint density at radius 3 is 2.52 bits per heavy atom. The van der Waals surface area contributed by atoms with Gasteiger partial charge in [0.25, 0.3) is 5.91 Å². The third kappa shape index (κ3) is 4.11. The summed E-state index contributed by atoms with van der Waals surface area (Å²) in [6.07, 6.45) is 1.66. The van der Waals surface area contributed by atoms with Crippen molar-refractivity contribution in [3.8, 4) is 11.4 Å². The molecule has 3 rings (SSSR count). The Bertz CT molecular complexity index is 991. The molecule has 138 valence electrons. The third-order valence-electron chi connectivity index (χ3n) is 4.29. The number of aromatic nitrogens is 1. The summed E-state index contributed by atoms with van der Waals surface area (Å²) >= 11 is 3.37. The number of methoxy groups -OCH3 is 1. The fraction of sp³-hybridized carbons (Fsp3) is 0.143. The summed E-state index contributed by atoms with van der Waals surface area (Å²) in [5.41, 5.74) is 7.22. The molecule has 1 amide bonds. The SMILES string of the molecule is COc1ccc(-n2c(C)cc(/C=N\NC(=O)c3ccccc3Br)c2C)cc1. The molecule has 0 aliphatic rings. The highest BCUT2D eigenvalue weighted by Crippen LogP contribution is 2.22. The van der Waals surface area contributed by atoms with Gasteiger partial charge in [0.05, 0.1) is 18.9 Å². The summed E-state index contributed by atoms with van der Waals surface area (Å²) in [5, 5.41) is 4.12. The highest BCUT2D eigenvalue weighted by molar-refractivity contribution is 9.10. The molecule has 2 aromatic carbocycles. The number of aryl methyl sites for hydroxylation is 1. The molecule has 0 bridgehead atoms. The van der Waals surface area contributed by atoms with Crippen LogP contribution >= 0.6 is 15.9 Å². The van der Waals surface area contributed by atoms with Gasteiger partial charge in [0.15, 0.2) is 0 Å². The quantitative estimate of drug-likeness (QED) is 0.478. The van der Waals surface area contributed by atoms with E-state index in [4.69, 9.17) is 4.74 Å². The second kappa shape index (κ2) is 8.22. The Labute approximate surface area is 166 Å². The summed E-state index contributed by atoms with van der Waals surface area (Å²) in [4.78, 5) is 12.2. The summed E-state index contributed by atoms with van der Waals surface area (Å²) in [6.45, 7) is 4.06. The molecule has 0 aliphatic carbocycles. The molecule has 1 N–H and O–H groups in total. The van der Waals surface area contributed by atoms with Crippen LogP contribution in [0.5, 0.6) is 5.75 Å². The number of ether oxygens (including phenoxy) is 1. The van der Waals surface area contributed by atoms with Crippen LogP contribution in [0, 0.1) is 13.8 Å². The Balaban J connectivity index is 1.79. The number of hydrogen-bond donors (Lipinski definition) is 1. The molecule has 0 saturated heterocycles. The number of carbonyl (C=O) groups is 1. The smallest absolute Gasteiger partial charge is 0.272 e. The molecule has 0 atom stereocenters. The molecule has 0 spiro atoms. The van der Waals surface area contributed by atoms with Gasteiger partial charge in [-0.2, -0.15) is 5.10 Å². The number of benzene rings is 2. The molecule has 0 fully saturated rings. The second-order valence-corrected chi connectivity index (χ2v) is 6.89. The number of nitrogens with one attached hydrogen (secondary N) is 1. The molecule has 0 unspecified atom stereocenters. The van der Waals surface area contributed by atoms with Crippen molar-refractivity contribution in [1.29, 1.82) is 0 Å². The average molecular weight is 426 g/mol. The molecular formula is C21H20BrN3O2. The zero-order valence-corrected chi connectivity index (χ0v) is 16.9. The van der Waals surface area contributed by atoms with Crippen molar-refractivity contribution in [2.75, 3.05) is 7.11 Å². The molecule has 27 heavy (non-hydrogen) atoms. The van der Waals surface area contributed by atoms with Gasteiger partial charge in [-0.05, 0) is 72.2 Å². The van der Waals surface area contributed by atoms with Crippen molar-refractivity contribution in [3.05, 3.63) is 81.6 Å². The number of nitrogens with zero attached hydrogens (tertiary/aromatic N) is 2. The van der Waals surface area contributed by atoms with Crippen LogP contribution in [-0.2, 0) is 0 Å². The lowest BCUT2D eigenvalue weighted by atomic mass is 10.2. The minimum Gasteiger partial charge on any atom is -0.497 e. The first-order valence-corrected chi connectivity index (χ1v) is 9.22. The lowest BCUT2D eigenvalue weighted by Crippen LogP contribution is -2.18. The monoisotopic (exact) mass is 425 g/mol. The van der Waals surface area contributed by atoms with Gasteiger partial charge in [0, 0.05) is 27.1 Å². The highest BCUT2D eigenvalue weighted by atomic mass is 79.9. The van der Waals surface area contributed by atoms with E-state index in [2.05, 4.69) is 31.0 Å². The number of rotatable bonds is 5. The van der Waals surface area contributed by atoms with Gasteiger partial charge in [-0.1, -0.05) is 12.1 Å². The average Bonchev–Trinajstić information content (AvgIpc) is 2.95. The Kier molecular flexibility index (Phi) is 5.76. The van der Waals surface area contributed by atoms with Gasteiger partial charge in [0.1, 0.15) is 5.75 Å². The lowest BCUT2D eigenvalue weighted by Gasteiger charge is -2.10. The fourth-order valence-electron chi connectivity index (χ4n) is 2.91. The molecule has 0 aliphatic heterocycles. The van der Waals surface area contributed by atoms with Crippen molar-refractivity contribution >= 4 is 28.1 Å². The van der Waals surface area contributed by atoms with E-state index in [0.717, 1.165) is 32.9 Å². The highest BCUT2D eigenvalue weighted by Gasteiger charge is 2.11. The van der Waals surface area contributed by atoms with Crippen LogP contribution in [0.25, 0.3) is 5.69 Å². The standard InChI is InChI=1S/C21H20BrN3O2/c1-14-12-16(13-23-24-21(26)19-6-4-5-7-20(19)22)15(2)25(14)17-8-10-18(27-3)11-9-17/h4-13H,1-3H3,(H,24,26)/b23-13-. The fourth-order valence-corrected chi connectivity index (χ4v) is 3.38. The number of hydrazone groups is 1. The minimum absolute atomic E-state index is 0.261. The predicted molar refractivity (Wildman–Crippen MR) is 111 cm³/mol. The Hall–Kier alpha value is -2.86. The van der Waals surface area contributed by atoms with Crippen LogP contribution in [0.4, 0.5) is 0 Å².